The fraction of sp³-hybridized carbons (Fsp3) is 0.350. The highest BCUT2D eigenvalue weighted by atomic mass is 16.5. The molecule has 0 spiro atoms. The Morgan fingerprint density at radius 2 is 1.79 bits per heavy atom. The van der Waals surface area contributed by atoms with Crippen LogP contribution in [-0.2, 0) is 11.8 Å². The van der Waals surface area contributed by atoms with Gasteiger partial charge in [0.2, 0.25) is 0 Å². The molecule has 4 nitrogen and oxygen atoms in total. The predicted octanol–water partition coefficient (Wildman–Crippen LogP) is 4.36. The molecule has 0 aliphatic heterocycles. The van der Waals surface area contributed by atoms with Crippen molar-refractivity contribution in [2.45, 2.75) is 32.6 Å². The Bertz CT molecular complexity index is 673. The van der Waals surface area contributed by atoms with Crippen molar-refractivity contribution in [2.75, 3.05) is 19.0 Å². The van der Waals surface area contributed by atoms with Gasteiger partial charge in [0.1, 0.15) is 5.75 Å². The number of hydrogen-bond donors (Lipinski definition) is 2. The number of nitrogens with one attached hydrogen (secondary N) is 2. The summed E-state index contributed by atoms with van der Waals surface area (Å²) in [5.74, 6) is 0.830. The molecule has 0 atom stereocenters. The Hall–Kier alpha value is -2.49. The molecule has 0 unspecified atom stereocenters. The molecule has 0 heterocycles. The number of amides is 2. The number of urea groups is 1. The molecular weight excluding hydrogens is 300 g/mol. The predicted molar refractivity (Wildman–Crippen MR) is 98.9 cm³/mol. The highest BCUT2D eigenvalue weighted by molar-refractivity contribution is 5.89. The second-order valence-electron chi connectivity index (χ2n) is 6.81. The fourth-order valence-corrected chi connectivity index (χ4v) is 2.38. The van der Waals surface area contributed by atoms with Gasteiger partial charge in [0.15, 0.2) is 0 Å². The molecule has 2 aromatic carbocycles. The van der Waals surface area contributed by atoms with Gasteiger partial charge < -0.3 is 15.4 Å². The number of hydrogen-bond acceptors (Lipinski definition) is 2. The molecule has 0 aliphatic carbocycles. The van der Waals surface area contributed by atoms with Gasteiger partial charge in [-0.2, -0.15) is 0 Å². The van der Waals surface area contributed by atoms with E-state index in [9.17, 15) is 4.79 Å². The van der Waals surface area contributed by atoms with E-state index in [0.717, 1.165) is 23.4 Å². The third kappa shape index (κ3) is 5.30. The van der Waals surface area contributed by atoms with Crippen LogP contribution in [0.3, 0.4) is 0 Å². The van der Waals surface area contributed by atoms with E-state index >= 15 is 0 Å². The van der Waals surface area contributed by atoms with E-state index in [1.807, 2.05) is 48.5 Å². The van der Waals surface area contributed by atoms with E-state index in [1.54, 1.807) is 7.11 Å². The second-order valence-corrected chi connectivity index (χ2v) is 6.81. The Labute approximate surface area is 144 Å². The van der Waals surface area contributed by atoms with Crippen LogP contribution < -0.4 is 15.4 Å². The molecule has 2 N–H and O–H groups in total. The number of anilines is 1. The average molecular weight is 326 g/mol. The zero-order chi connectivity index (χ0) is 17.6. The molecule has 2 amide bonds. The zero-order valence-electron chi connectivity index (χ0n) is 14.8. The lowest BCUT2D eigenvalue weighted by Gasteiger charge is -2.19. The highest BCUT2D eigenvalue weighted by Crippen LogP contribution is 2.23. The van der Waals surface area contributed by atoms with Gasteiger partial charge in [-0.25, -0.2) is 4.79 Å². The normalized spacial score (nSPS) is 11.0. The SMILES string of the molecule is COc1cccc(CCNC(=O)Nc2ccc(C(C)(C)C)cc2)c1. The number of benzene rings is 2. The lowest BCUT2D eigenvalue weighted by Crippen LogP contribution is -2.30. The second kappa shape index (κ2) is 7.86. The summed E-state index contributed by atoms with van der Waals surface area (Å²) >= 11 is 0. The summed E-state index contributed by atoms with van der Waals surface area (Å²) < 4.78 is 5.20. The van der Waals surface area contributed by atoms with E-state index < -0.39 is 0 Å². The minimum absolute atomic E-state index is 0.109. The zero-order valence-corrected chi connectivity index (χ0v) is 14.8. The third-order valence-corrected chi connectivity index (χ3v) is 3.84. The van der Waals surface area contributed by atoms with Crippen LogP contribution in [0.25, 0.3) is 0 Å². The van der Waals surface area contributed by atoms with E-state index in [0.29, 0.717) is 6.54 Å². The van der Waals surface area contributed by atoms with E-state index in [-0.39, 0.29) is 11.4 Å². The number of carbonyl (C=O) groups excluding carboxylic acids is 1. The summed E-state index contributed by atoms with van der Waals surface area (Å²) in [6.07, 6.45) is 0.758. The minimum Gasteiger partial charge on any atom is -0.497 e. The summed E-state index contributed by atoms with van der Waals surface area (Å²) in [5.41, 5.74) is 3.27. The van der Waals surface area contributed by atoms with Crippen molar-refractivity contribution < 1.29 is 9.53 Å². The third-order valence-electron chi connectivity index (χ3n) is 3.84. The van der Waals surface area contributed by atoms with Crippen LogP contribution in [0.2, 0.25) is 0 Å². The van der Waals surface area contributed by atoms with Crippen molar-refractivity contribution in [1.29, 1.82) is 0 Å². The smallest absolute Gasteiger partial charge is 0.319 e. The molecule has 2 rings (SSSR count). The van der Waals surface area contributed by atoms with Crippen LogP contribution in [0.4, 0.5) is 10.5 Å². The van der Waals surface area contributed by atoms with E-state index in [2.05, 4.69) is 31.4 Å². The average Bonchev–Trinajstić information content (AvgIpc) is 2.54. The van der Waals surface area contributed by atoms with Gasteiger partial charge in [0, 0.05) is 12.2 Å². The first-order valence-corrected chi connectivity index (χ1v) is 8.17. The van der Waals surface area contributed by atoms with Gasteiger partial charge in [-0.1, -0.05) is 45.0 Å². The van der Waals surface area contributed by atoms with Crippen molar-refractivity contribution in [3.05, 3.63) is 59.7 Å². The van der Waals surface area contributed by atoms with Gasteiger partial charge in [0.05, 0.1) is 7.11 Å². The van der Waals surface area contributed by atoms with Gasteiger partial charge in [-0.05, 0) is 47.2 Å². The molecule has 128 valence electrons. The molecule has 0 saturated heterocycles. The maximum Gasteiger partial charge on any atom is 0.319 e. The quantitative estimate of drug-likeness (QED) is 0.858. The number of methoxy groups -OCH3 is 1. The van der Waals surface area contributed by atoms with Gasteiger partial charge in [-0.3, -0.25) is 0 Å². The number of rotatable bonds is 5. The molecule has 0 aromatic heterocycles. The molecule has 2 aromatic rings. The summed E-state index contributed by atoms with van der Waals surface area (Å²) in [5, 5.41) is 5.73. The van der Waals surface area contributed by atoms with Crippen LogP contribution >= 0.6 is 0 Å². The largest absolute Gasteiger partial charge is 0.497 e. The highest BCUT2D eigenvalue weighted by Gasteiger charge is 2.13. The van der Waals surface area contributed by atoms with Gasteiger partial charge in [-0.15, -0.1) is 0 Å². The number of carbonyl (C=O) groups is 1. The molecule has 0 aliphatic rings. The Morgan fingerprint density at radius 3 is 2.42 bits per heavy atom. The topological polar surface area (TPSA) is 50.4 Å². The van der Waals surface area contributed by atoms with Crippen molar-refractivity contribution in [3.8, 4) is 5.75 Å². The van der Waals surface area contributed by atoms with Crippen LogP contribution in [-0.4, -0.2) is 19.7 Å². The molecule has 0 radical (unpaired) electrons. The lowest BCUT2D eigenvalue weighted by atomic mass is 9.87. The molecule has 0 bridgehead atoms. The van der Waals surface area contributed by atoms with Crippen LogP contribution in [0, 0.1) is 0 Å². The lowest BCUT2D eigenvalue weighted by molar-refractivity contribution is 0.252. The summed E-state index contributed by atoms with van der Waals surface area (Å²) in [6, 6.07) is 15.6. The minimum atomic E-state index is -0.193. The van der Waals surface area contributed by atoms with Crippen molar-refractivity contribution in [3.63, 3.8) is 0 Å². The Morgan fingerprint density at radius 1 is 1.08 bits per heavy atom. The first-order valence-electron chi connectivity index (χ1n) is 8.17. The molecule has 0 fully saturated rings. The Balaban J connectivity index is 1.80. The van der Waals surface area contributed by atoms with E-state index in [4.69, 9.17) is 4.74 Å². The molecular formula is C20H26N2O2. The molecule has 24 heavy (non-hydrogen) atoms. The molecule has 4 heteroatoms. The fourth-order valence-electron chi connectivity index (χ4n) is 2.38. The first-order chi connectivity index (χ1) is 11.4. The van der Waals surface area contributed by atoms with Crippen molar-refractivity contribution in [1.82, 2.24) is 5.32 Å². The van der Waals surface area contributed by atoms with Crippen molar-refractivity contribution in [2.24, 2.45) is 0 Å². The number of ether oxygens (including phenoxy) is 1. The summed E-state index contributed by atoms with van der Waals surface area (Å²) in [4.78, 5) is 12.0. The van der Waals surface area contributed by atoms with Gasteiger partial charge >= 0.3 is 6.03 Å². The monoisotopic (exact) mass is 326 g/mol. The van der Waals surface area contributed by atoms with Crippen LogP contribution in [0.15, 0.2) is 48.5 Å². The maximum atomic E-state index is 12.0. The summed E-state index contributed by atoms with van der Waals surface area (Å²) in [6.45, 7) is 7.07. The first kappa shape index (κ1) is 17.9. The van der Waals surface area contributed by atoms with Crippen LogP contribution in [0.5, 0.6) is 5.75 Å². The standard InChI is InChI=1S/C20H26N2O2/c1-20(2,3)16-8-10-17(11-9-16)22-19(23)21-13-12-15-6-5-7-18(14-15)24-4/h5-11,14H,12-13H2,1-4H3,(H2,21,22,23). The van der Waals surface area contributed by atoms with E-state index in [1.165, 1.54) is 5.56 Å². The molecule has 0 saturated carbocycles. The van der Waals surface area contributed by atoms with Crippen molar-refractivity contribution >= 4 is 11.7 Å². The van der Waals surface area contributed by atoms with Crippen LogP contribution in [0.1, 0.15) is 31.9 Å². The maximum absolute atomic E-state index is 12.0. The summed E-state index contributed by atoms with van der Waals surface area (Å²) in [7, 11) is 1.65. The Kier molecular flexibility index (Phi) is 5.85. The van der Waals surface area contributed by atoms with Gasteiger partial charge in [0.25, 0.3) is 0 Å².